The number of rotatable bonds is 3. The molecule has 1 fully saturated rings. The van der Waals surface area contributed by atoms with Crippen LogP contribution in [-0.2, 0) is 4.74 Å². The van der Waals surface area contributed by atoms with E-state index in [2.05, 4.69) is 12.6 Å². The summed E-state index contributed by atoms with van der Waals surface area (Å²) in [7, 11) is 0. The summed E-state index contributed by atoms with van der Waals surface area (Å²) < 4.78 is 5.45. The van der Waals surface area contributed by atoms with Crippen LogP contribution in [-0.4, -0.2) is 12.0 Å². The predicted molar refractivity (Wildman–Crippen MR) is 51.0 cm³/mol. The summed E-state index contributed by atoms with van der Waals surface area (Å²) in [5.74, 6) is 0.818. The van der Waals surface area contributed by atoms with Crippen LogP contribution >= 0.6 is 12.6 Å². The third-order valence-corrected chi connectivity index (χ3v) is 2.45. The Morgan fingerprint density at radius 1 is 1.36 bits per heavy atom. The van der Waals surface area contributed by atoms with Crippen LogP contribution in [0.25, 0.3) is 0 Å². The molecule has 1 aliphatic rings. The molecule has 1 saturated carbocycles. The second kappa shape index (κ2) is 5.04. The zero-order chi connectivity index (χ0) is 8.10. The maximum absolute atomic E-state index is 5.45. The molecular weight excluding hydrogens is 156 g/mol. The third-order valence-electron chi connectivity index (χ3n) is 2.30. The van der Waals surface area contributed by atoms with Crippen LogP contribution in [0.5, 0.6) is 0 Å². The van der Waals surface area contributed by atoms with Gasteiger partial charge in [0.2, 0.25) is 0 Å². The van der Waals surface area contributed by atoms with E-state index in [4.69, 9.17) is 4.74 Å². The van der Waals surface area contributed by atoms with Crippen LogP contribution < -0.4 is 0 Å². The van der Waals surface area contributed by atoms with Crippen LogP contribution in [0.1, 0.15) is 39.0 Å². The van der Waals surface area contributed by atoms with E-state index < -0.39 is 0 Å². The molecule has 0 amide bonds. The van der Waals surface area contributed by atoms with Gasteiger partial charge in [-0.1, -0.05) is 19.3 Å². The maximum Gasteiger partial charge on any atom is 0.0971 e. The molecule has 66 valence electrons. The van der Waals surface area contributed by atoms with Gasteiger partial charge in [0, 0.05) is 0 Å². The minimum atomic E-state index is 0.108. The van der Waals surface area contributed by atoms with Gasteiger partial charge in [0.15, 0.2) is 0 Å². The molecule has 0 bridgehead atoms. The lowest BCUT2D eigenvalue weighted by Gasteiger charge is -2.21. The monoisotopic (exact) mass is 174 g/mol. The van der Waals surface area contributed by atoms with Crippen molar-refractivity contribution < 1.29 is 4.74 Å². The lowest BCUT2D eigenvalue weighted by atomic mass is 9.90. The predicted octanol–water partition coefficient (Wildman–Crippen LogP) is 2.86. The van der Waals surface area contributed by atoms with Crippen molar-refractivity contribution in [2.45, 2.75) is 44.5 Å². The van der Waals surface area contributed by atoms with E-state index in [0.29, 0.717) is 0 Å². The minimum absolute atomic E-state index is 0.108. The van der Waals surface area contributed by atoms with Gasteiger partial charge in [0.1, 0.15) is 0 Å². The Kier molecular flexibility index (Phi) is 4.31. The molecule has 0 N–H and O–H groups in total. The van der Waals surface area contributed by atoms with Crippen molar-refractivity contribution >= 4 is 12.6 Å². The largest absolute Gasteiger partial charge is 0.368 e. The van der Waals surface area contributed by atoms with Crippen molar-refractivity contribution in [3.8, 4) is 0 Å². The SMILES string of the molecule is CC(S)OCC1CCCCC1. The molecule has 1 unspecified atom stereocenters. The molecule has 11 heavy (non-hydrogen) atoms. The summed E-state index contributed by atoms with van der Waals surface area (Å²) in [4.78, 5) is 0. The van der Waals surface area contributed by atoms with E-state index in [1.165, 1.54) is 32.1 Å². The van der Waals surface area contributed by atoms with Crippen LogP contribution in [0.3, 0.4) is 0 Å². The van der Waals surface area contributed by atoms with E-state index in [1.807, 2.05) is 6.92 Å². The first-order valence-electron chi connectivity index (χ1n) is 4.58. The first-order valence-corrected chi connectivity index (χ1v) is 5.10. The summed E-state index contributed by atoms with van der Waals surface area (Å²) in [5.41, 5.74) is 0.108. The Balaban J connectivity index is 2.05. The normalized spacial score (nSPS) is 23.5. The minimum Gasteiger partial charge on any atom is -0.368 e. The van der Waals surface area contributed by atoms with Crippen molar-refractivity contribution in [2.75, 3.05) is 6.61 Å². The average Bonchev–Trinajstić information content (AvgIpc) is 2.03. The highest BCUT2D eigenvalue weighted by Crippen LogP contribution is 2.24. The van der Waals surface area contributed by atoms with Crippen molar-refractivity contribution in [3.63, 3.8) is 0 Å². The highest BCUT2D eigenvalue weighted by molar-refractivity contribution is 7.80. The summed E-state index contributed by atoms with van der Waals surface area (Å²) in [6.45, 7) is 2.90. The summed E-state index contributed by atoms with van der Waals surface area (Å²) >= 11 is 4.18. The quantitative estimate of drug-likeness (QED) is 0.511. The molecule has 0 saturated heterocycles. The van der Waals surface area contributed by atoms with E-state index in [0.717, 1.165) is 12.5 Å². The molecular formula is C9H18OS. The van der Waals surface area contributed by atoms with Gasteiger partial charge in [-0.2, -0.15) is 0 Å². The molecule has 1 rings (SSSR count). The molecule has 0 aromatic carbocycles. The van der Waals surface area contributed by atoms with Gasteiger partial charge in [0.05, 0.1) is 12.0 Å². The van der Waals surface area contributed by atoms with E-state index in [9.17, 15) is 0 Å². The second-order valence-corrected chi connectivity index (χ2v) is 4.16. The molecule has 0 aromatic rings. The molecule has 0 heterocycles. The molecule has 0 spiro atoms. The maximum atomic E-state index is 5.45. The Bertz CT molecular complexity index is 97.7. The smallest absolute Gasteiger partial charge is 0.0971 e. The van der Waals surface area contributed by atoms with Crippen LogP contribution in [0.4, 0.5) is 0 Å². The lowest BCUT2D eigenvalue weighted by Crippen LogP contribution is -2.15. The molecule has 0 aromatic heterocycles. The van der Waals surface area contributed by atoms with Crippen molar-refractivity contribution in [1.82, 2.24) is 0 Å². The van der Waals surface area contributed by atoms with Gasteiger partial charge in [-0.05, 0) is 25.7 Å². The molecule has 2 heteroatoms. The van der Waals surface area contributed by atoms with Crippen LogP contribution in [0.15, 0.2) is 0 Å². The fourth-order valence-electron chi connectivity index (χ4n) is 1.63. The topological polar surface area (TPSA) is 9.23 Å². The van der Waals surface area contributed by atoms with Gasteiger partial charge in [0.25, 0.3) is 0 Å². The first-order chi connectivity index (χ1) is 5.29. The summed E-state index contributed by atoms with van der Waals surface area (Å²) in [5, 5.41) is 0. The number of thiol groups is 1. The second-order valence-electron chi connectivity index (χ2n) is 3.44. The van der Waals surface area contributed by atoms with E-state index in [-0.39, 0.29) is 5.44 Å². The number of ether oxygens (including phenoxy) is 1. The van der Waals surface area contributed by atoms with Crippen LogP contribution in [0, 0.1) is 5.92 Å². The lowest BCUT2D eigenvalue weighted by molar-refractivity contribution is 0.0778. The Labute approximate surface area is 74.9 Å². The number of hydrogen-bond donors (Lipinski definition) is 1. The average molecular weight is 174 g/mol. The van der Waals surface area contributed by atoms with E-state index >= 15 is 0 Å². The molecule has 0 aliphatic heterocycles. The zero-order valence-corrected chi connectivity index (χ0v) is 8.15. The summed E-state index contributed by atoms with van der Waals surface area (Å²) in [6.07, 6.45) is 6.94. The molecule has 0 radical (unpaired) electrons. The summed E-state index contributed by atoms with van der Waals surface area (Å²) in [6, 6.07) is 0. The molecule has 1 atom stereocenters. The molecule has 1 aliphatic carbocycles. The highest BCUT2D eigenvalue weighted by Gasteiger charge is 2.13. The zero-order valence-electron chi connectivity index (χ0n) is 7.25. The van der Waals surface area contributed by atoms with Crippen molar-refractivity contribution in [1.29, 1.82) is 0 Å². The molecule has 1 nitrogen and oxygen atoms in total. The van der Waals surface area contributed by atoms with Gasteiger partial charge >= 0.3 is 0 Å². The fraction of sp³-hybridized carbons (Fsp3) is 1.00. The fourth-order valence-corrected chi connectivity index (χ4v) is 1.72. The van der Waals surface area contributed by atoms with Gasteiger partial charge in [-0.3, -0.25) is 0 Å². The van der Waals surface area contributed by atoms with E-state index in [1.54, 1.807) is 0 Å². The Hall–Kier alpha value is 0.310. The van der Waals surface area contributed by atoms with Crippen molar-refractivity contribution in [2.24, 2.45) is 5.92 Å². The van der Waals surface area contributed by atoms with Crippen molar-refractivity contribution in [3.05, 3.63) is 0 Å². The Morgan fingerprint density at radius 3 is 2.55 bits per heavy atom. The van der Waals surface area contributed by atoms with Gasteiger partial charge < -0.3 is 4.74 Å². The Morgan fingerprint density at radius 2 is 2.00 bits per heavy atom. The highest BCUT2D eigenvalue weighted by atomic mass is 32.1. The first kappa shape index (κ1) is 9.40. The standard InChI is InChI=1S/C9H18OS/c1-8(11)10-7-9-5-3-2-4-6-9/h8-9,11H,2-7H2,1H3. The van der Waals surface area contributed by atoms with Gasteiger partial charge in [-0.25, -0.2) is 0 Å². The third kappa shape index (κ3) is 4.02. The number of hydrogen-bond acceptors (Lipinski definition) is 2. The van der Waals surface area contributed by atoms with Crippen LogP contribution in [0.2, 0.25) is 0 Å². The van der Waals surface area contributed by atoms with Gasteiger partial charge in [-0.15, -0.1) is 12.6 Å².